The number of aromatic nitrogens is 2. The van der Waals surface area contributed by atoms with Crippen LogP contribution in [0.2, 0.25) is 0 Å². The van der Waals surface area contributed by atoms with Crippen LogP contribution in [0.1, 0.15) is 15.9 Å². The Morgan fingerprint density at radius 1 is 1.14 bits per heavy atom. The predicted molar refractivity (Wildman–Crippen MR) is 84.4 cm³/mol. The van der Waals surface area contributed by atoms with Gasteiger partial charge in [-0.2, -0.15) is 0 Å². The second-order valence-electron chi connectivity index (χ2n) is 4.72. The average Bonchev–Trinajstić information content (AvgIpc) is 2.96. The minimum absolute atomic E-state index is 0.0187. The number of anilines is 1. The highest BCUT2D eigenvalue weighted by Crippen LogP contribution is 2.27. The predicted octanol–water partition coefficient (Wildman–Crippen LogP) is 3.90. The zero-order chi connectivity index (χ0) is 15.5. The third-order valence-electron chi connectivity index (χ3n) is 3.03. The van der Waals surface area contributed by atoms with Crippen molar-refractivity contribution in [2.45, 2.75) is 6.92 Å². The molecular weight excluding hydrogens is 301 g/mol. The van der Waals surface area contributed by atoms with Gasteiger partial charge in [0.1, 0.15) is 10.8 Å². The first-order chi connectivity index (χ1) is 10.6. The summed E-state index contributed by atoms with van der Waals surface area (Å²) in [4.78, 5) is 12.0. The van der Waals surface area contributed by atoms with Crippen LogP contribution in [0.4, 0.5) is 9.52 Å². The van der Waals surface area contributed by atoms with Crippen LogP contribution in [0.15, 0.2) is 48.5 Å². The first-order valence-corrected chi connectivity index (χ1v) is 7.41. The molecule has 0 atom stereocenters. The number of aryl methyl sites for hydroxylation is 1. The molecule has 0 radical (unpaired) electrons. The van der Waals surface area contributed by atoms with Crippen molar-refractivity contribution in [2.24, 2.45) is 0 Å². The van der Waals surface area contributed by atoms with E-state index in [0.717, 1.165) is 11.1 Å². The highest BCUT2D eigenvalue weighted by Gasteiger charge is 2.14. The zero-order valence-corrected chi connectivity index (χ0v) is 12.5. The molecule has 1 N–H and O–H groups in total. The van der Waals surface area contributed by atoms with E-state index < -0.39 is 11.7 Å². The largest absolute Gasteiger partial charge is 0.296 e. The summed E-state index contributed by atoms with van der Waals surface area (Å²) in [6.07, 6.45) is 0. The van der Waals surface area contributed by atoms with Gasteiger partial charge in [-0.3, -0.25) is 10.1 Å². The molecule has 0 saturated carbocycles. The summed E-state index contributed by atoms with van der Waals surface area (Å²) in [5.41, 5.74) is 2.03. The van der Waals surface area contributed by atoms with E-state index in [9.17, 15) is 9.18 Å². The maximum absolute atomic E-state index is 13.6. The van der Waals surface area contributed by atoms with Crippen LogP contribution >= 0.6 is 11.3 Å². The highest BCUT2D eigenvalue weighted by molar-refractivity contribution is 7.18. The van der Waals surface area contributed by atoms with Gasteiger partial charge in [-0.1, -0.05) is 47.2 Å². The van der Waals surface area contributed by atoms with E-state index in [0.29, 0.717) is 10.1 Å². The lowest BCUT2D eigenvalue weighted by Crippen LogP contribution is -2.13. The van der Waals surface area contributed by atoms with Crippen LogP contribution in [0.5, 0.6) is 0 Å². The van der Waals surface area contributed by atoms with Crippen molar-refractivity contribution < 1.29 is 9.18 Å². The number of nitrogens with one attached hydrogen (secondary N) is 1. The molecule has 1 heterocycles. The van der Waals surface area contributed by atoms with Crippen molar-refractivity contribution in [1.82, 2.24) is 10.2 Å². The van der Waals surface area contributed by atoms with Gasteiger partial charge in [-0.15, -0.1) is 10.2 Å². The highest BCUT2D eigenvalue weighted by atomic mass is 32.1. The van der Waals surface area contributed by atoms with E-state index in [2.05, 4.69) is 15.5 Å². The van der Waals surface area contributed by atoms with Crippen LogP contribution in [-0.4, -0.2) is 16.1 Å². The Kier molecular flexibility index (Phi) is 3.93. The van der Waals surface area contributed by atoms with Gasteiger partial charge >= 0.3 is 0 Å². The first kappa shape index (κ1) is 14.3. The van der Waals surface area contributed by atoms with Crippen molar-refractivity contribution in [1.29, 1.82) is 0 Å². The third kappa shape index (κ3) is 3.01. The van der Waals surface area contributed by atoms with Gasteiger partial charge in [0, 0.05) is 5.56 Å². The monoisotopic (exact) mass is 313 g/mol. The topological polar surface area (TPSA) is 54.9 Å². The average molecular weight is 313 g/mol. The Morgan fingerprint density at radius 2 is 1.95 bits per heavy atom. The van der Waals surface area contributed by atoms with E-state index in [-0.39, 0.29) is 5.56 Å². The molecule has 0 fully saturated rings. The zero-order valence-electron chi connectivity index (χ0n) is 11.7. The molecule has 0 aliphatic rings. The van der Waals surface area contributed by atoms with Crippen LogP contribution in [0.3, 0.4) is 0 Å². The summed E-state index contributed by atoms with van der Waals surface area (Å²) in [5, 5.41) is 11.6. The van der Waals surface area contributed by atoms with Gasteiger partial charge < -0.3 is 0 Å². The molecule has 0 bridgehead atoms. The van der Waals surface area contributed by atoms with E-state index >= 15 is 0 Å². The molecule has 3 rings (SSSR count). The van der Waals surface area contributed by atoms with Crippen LogP contribution < -0.4 is 5.32 Å². The minimum Gasteiger partial charge on any atom is -0.296 e. The summed E-state index contributed by atoms with van der Waals surface area (Å²) in [6, 6.07) is 13.7. The van der Waals surface area contributed by atoms with Crippen LogP contribution in [-0.2, 0) is 0 Å². The number of amides is 1. The Labute approximate surface area is 130 Å². The van der Waals surface area contributed by atoms with Crippen molar-refractivity contribution in [3.05, 3.63) is 65.5 Å². The van der Waals surface area contributed by atoms with Gasteiger partial charge in [-0.25, -0.2) is 4.39 Å². The molecule has 22 heavy (non-hydrogen) atoms. The van der Waals surface area contributed by atoms with E-state index in [1.54, 1.807) is 6.07 Å². The molecule has 0 unspecified atom stereocenters. The normalized spacial score (nSPS) is 10.5. The summed E-state index contributed by atoms with van der Waals surface area (Å²) in [6.45, 7) is 1.99. The molecule has 2 aromatic carbocycles. The fourth-order valence-corrected chi connectivity index (χ4v) is 2.71. The summed E-state index contributed by atoms with van der Waals surface area (Å²) in [5.74, 6) is -1.10. The fraction of sp³-hybridized carbons (Fsp3) is 0.0625. The Morgan fingerprint density at radius 3 is 2.73 bits per heavy atom. The van der Waals surface area contributed by atoms with Crippen molar-refractivity contribution >= 4 is 22.4 Å². The van der Waals surface area contributed by atoms with Gasteiger partial charge in [0.2, 0.25) is 5.13 Å². The fourth-order valence-electron chi connectivity index (χ4n) is 1.98. The first-order valence-electron chi connectivity index (χ1n) is 6.60. The molecule has 0 aliphatic heterocycles. The van der Waals surface area contributed by atoms with Gasteiger partial charge in [0.05, 0.1) is 5.56 Å². The molecule has 0 saturated heterocycles. The molecule has 6 heteroatoms. The lowest BCUT2D eigenvalue weighted by Gasteiger charge is -2.01. The standard InChI is InChI=1S/C16H12FN3OS/c1-10-5-4-6-11(9-10)15-19-20-16(22-15)18-14(21)12-7-2-3-8-13(12)17/h2-9H,1H3,(H,18,20,21). The van der Waals surface area contributed by atoms with Gasteiger partial charge in [-0.05, 0) is 25.1 Å². The van der Waals surface area contributed by atoms with Crippen molar-refractivity contribution in [2.75, 3.05) is 5.32 Å². The Bertz CT molecular complexity index is 832. The number of rotatable bonds is 3. The molecule has 3 aromatic rings. The summed E-state index contributed by atoms with van der Waals surface area (Å²) >= 11 is 1.25. The minimum atomic E-state index is -0.566. The number of nitrogens with zero attached hydrogens (tertiary/aromatic N) is 2. The SMILES string of the molecule is Cc1cccc(-c2nnc(NC(=O)c3ccccc3F)s2)c1. The van der Waals surface area contributed by atoms with Crippen molar-refractivity contribution in [3.63, 3.8) is 0 Å². The maximum atomic E-state index is 13.6. The molecule has 1 aromatic heterocycles. The molecule has 0 aliphatic carbocycles. The number of hydrogen-bond acceptors (Lipinski definition) is 4. The maximum Gasteiger partial charge on any atom is 0.260 e. The lowest BCUT2D eigenvalue weighted by atomic mass is 10.1. The van der Waals surface area contributed by atoms with Crippen LogP contribution in [0, 0.1) is 12.7 Å². The van der Waals surface area contributed by atoms with Gasteiger partial charge in [0.15, 0.2) is 0 Å². The summed E-state index contributed by atoms with van der Waals surface area (Å²) in [7, 11) is 0. The quantitative estimate of drug-likeness (QED) is 0.797. The van der Waals surface area contributed by atoms with Crippen LogP contribution in [0.25, 0.3) is 10.6 Å². The number of halogens is 1. The molecule has 110 valence electrons. The van der Waals surface area contributed by atoms with E-state index in [1.165, 1.54) is 29.5 Å². The summed E-state index contributed by atoms with van der Waals surface area (Å²) < 4.78 is 13.6. The number of benzene rings is 2. The third-order valence-corrected chi connectivity index (χ3v) is 3.92. The molecule has 4 nitrogen and oxygen atoms in total. The van der Waals surface area contributed by atoms with Gasteiger partial charge in [0.25, 0.3) is 5.91 Å². The second-order valence-corrected chi connectivity index (χ2v) is 5.69. The van der Waals surface area contributed by atoms with E-state index in [4.69, 9.17) is 0 Å². The molecule has 0 spiro atoms. The molecule has 1 amide bonds. The van der Waals surface area contributed by atoms with Crippen molar-refractivity contribution in [3.8, 4) is 10.6 Å². The smallest absolute Gasteiger partial charge is 0.260 e. The number of carbonyl (C=O) groups excluding carboxylic acids is 1. The number of carbonyl (C=O) groups is 1. The molecular formula is C16H12FN3OS. The Balaban J connectivity index is 1.80. The lowest BCUT2D eigenvalue weighted by molar-refractivity contribution is 0.102. The second kappa shape index (κ2) is 6.03. The van der Waals surface area contributed by atoms with E-state index in [1.807, 2.05) is 31.2 Å². The Hall–Kier alpha value is -2.60. The number of hydrogen-bond donors (Lipinski definition) is 1.